The Labute approximate surface area is 180 Å². The van der Waals surface area contributed by atoms with Crippen molar-refractivity contribution in [2.45, 2.75) is 12.4 Å². The molecule has 0 aliphatic rings. The van der Waals surface area contributed by atoms with Crippen LogP contribution < -0.4 is 10.4 Å². The van der Waals surface area contributed by atoms with Crippen LogP contribution in [-0.2, 0) is 12.4 Å². The molecule has 0 saturated carbocycles. The van der Waals surface area contributed by atoms with Crippen molar-refractivity contribution in [3.63, 3.8) is 0 Å². The van der Waals surface area contributed by atoms with Gasteiger partial charge in [-0.3, -0.25) is 0 Å². The van der Waals surface area contributed by atoms with Crippen molar-refractivity contribution in [3.05, 3.63) is 68.3 Å². The van der Waals surface area contributed by atoms with Crippen molar-refractivity contribution < 1.29 is 30.7 Å². The summed E-state index contributed by atoms with van der Waals surface area (Å²) in [6.45, 7) is 0. The van der Waals surface area contributed by atoms with Gasteiger partial charge in [-0.1, -0.05) is 6.07 Å². The van der Waals surface area contributed by atoms with Crippen LogP contribution in [0, 0.1) is 62.5 Å². The fraction of sp³-hybridized carbons (Fsp3) is 0.0952. The molecule has 0 atom stereocenters. The maximum atomic E-state index is 14.8. The van der Waals surface area contributed by atoms with Gasteiger partial charge in [-0.2, -0.15) is 52.7 Å². The van der Waals surface area contributed by atoms with E-state index in [1.165, 1.54) is 24.3 Å². The first-order chi connectivity index (χ1) is 15.3. The zero-order chi connectivity index (χ0) is 25.1. The number of benzene rings is 2. The second kappa shape index (κ2) is 8.71. The summed E-state index contributed by atoms with van der Waals surface area (Å²) in [5, 5.41) is 44.1. The molecule has 0 heterocycles. The van der Waals surface area contributed by atoms with Crippen molar-refractivity contribution in [3.8, 4) is 30.3 Å². The Morgan fingerprint density at radius 2 is 1.12 bits per heavy atom. The Bertz CT molecular complexity index is 1450. The van der Waals surface area contributed by atoms with E-state index in [-0.39, 0.29) is 12.1 Å². The lowest BCUT2D eigenvalue weighted by Crippen LogP contribution is -2.23. The number of hydrogen-bond acceptors (Lipinski definition) is 5. The zero-order valence-corrected chi connectivity index (χ0v) is 15.7. The van der Waals surface area contributed by atoms with Gasteiger partial charge in [0.2, 0.25) is 0 Å². The van der Waals surface area contributed by atoms with Crippen molar-refractivity contribution in [1.82, 2.24) is 0 Å². The summed E-state index contributed by atoms with van der Waals surface area (Å²) in [5.74, 6) is -1.47. The number of halogens is 7. The van der Waals surface area contributed by atoms with Gasteiger partial charge < -0.3 is 0 Å². The van der Waals surface area contributed by atoms with Crippen LogP contribution in [-0.4, -0.2) is 0 Å². The van der Waals surface area contributed by atoms with E-state index in [9.17, 15) is 41.3 Å². The summed E-state index contributed by atoms with van der Waals surface area (Å²) in [4.78, 5) is 0. The summed E-state index contributed by atoms with van der Waals surface area (Å²) >= 11 is 0. The topological polar surface area (TPSA) is 119 Å². The van der Waals surface area contributed by atoms with Crippen LogP contribution in [0.3, 0.4) is 0 Å². The molecule has 12 heteroatoms. The van der Waals surface area contributed by atoms with E-state index in [2.05, 4.69) is 0 Å². The molecule has 2 aromatic rings. The Hall–Kier alpha value is -4.86. The van der Waals surface area contributed by atoms with E-state index in [0.717, 1.165) is 18.2 Å². The van der Waals surface area contributed by atoms with Gasteiger partial charge >= 0.3 is 12.4 Å². The molecule has 0 spiro atoms. The molecule has 5 nitrogen and oxygen atoms in total. The highest BCUT2D eigenvalue weighted by atomic mass is 19.4. The molecule has 0 amide bonds. The Kier molecular flexibility index (Phi) is 6.44. The lowest BCUT2D eigenvalue weighted by atomic mass is 9.92. The molecule has 0 aliphatic carbocycles. The number of hydrogen-bond donors (Lipinski definition) is 0. The normalized spacial score (nSPS) is 11.8. The zero-order valence-electron chi connectivity index (χ0n) is 15.7. The van der Waals surface area contributed by atoms with Crippen LogP contribution >= 0.6 is 0 Å². The molecule has 162 valence electrons. The average Bonchev–Trinajstić information content (AvgIpc) is 2.74. The third-order valence-electron chi connectivity index (χ3n) is 4.28. The van der Waals surface area contributed by atoms with Crippen molar-refractivity contribution in [2.75, 3.05) is 0 Å². The van der Waals surface area contributed by atoms with Crippen LogP contribution in [0.25, 0.3) is 11.1 Å². The quantitative estimate of drug-likeness (QED) is 0.605. The van der Waals surface area contributed by atoms with Gasteiger partial charge in [0, 0.05) is 10.4 Å². The lowest BCUT2D eigenvalue weighted by molar-refractivity contribution is -0.143. The highest BCUT2D eigenvalue weighted by Gasteiger charge is 2.42. The van der Waals surface area contributed by atoms with E-state index < -0.39 is 67.6 Å². The first kappa shape index (κ1) is 24.4. The van der Waals surface area contributed by atoms with Crippen molar-refractivity contribution in [2.24, 2.45) is 0 Å². The molecular formula is C21H4F7N5. The van der Waals surface area contributed by atoms with E-state index in [1.54, 1.807) is 0 Å². The smallest absolute Gasteiger partial charge is 0.205 e. The first-order valence-electron chi connectivity index (χ1n) is 8.26. The number of nitrogens with zero attached hydrogens (tertiary/aromatic N) is 5. The molecular weight excluding hydrogens is 455 g/mol. The van der Waals surface area contributed by atoms with Crippen LogP contribution in [0.4, 0.5) is 30.7 Å². The van der Waals surface area contributed by atoms with Crippen LogP contribution in [0.5, 0.6) is 0 Å². The fourth-order valence-corrected chi connectivity index (χ4v) is 2.87. The molecule has 0 N–H and O–H groups in total. The highest BCUT2D eigenvalue weighted by molar-refractivity contribution is 5.80. The number of nitriles is 5. The second-order valence-corrected chi connectivity index (χ2v) is 6.10. The Morgan fingerprint density at radius 1 is 0.667 bits per heavy atom. The van der Waals surface area contributed by atoms with Crippen LogP contribution in [0.15, 0.2) is 24.3 Å². The van der Waals surface area contributed by atoms with Gasteiger partial charge in [0.25, 0.3) is 0 Å². The Morgan fingerprint density at radius 3 is 1.48 bits per heavy atom. The minimum Gasteiger partial charge on any atom is -0.205 e. The summed E-state index contributed by atoms with van der Waals surface area (Å²) in [6, 6.07) is 8.09. The van der Waals surface area contributed by atoms with Gasteiger partial charge in [0.05, 0.1) is 27.8 Å². The summed E-state index contributed by atoms with van der Waals surface area (Å²) in [6.07, 6.45) is -10.8. The Balaban J connectivity index is 3.19. The molecule has 0 bridgehead atoms. The molecule has 0 aliphatic heterocycles. The SMILES string of the molecule is N#CC(C#N)=c1cc/c(=C(/C#N)c2cc(C(F)(F)F)c(C#N)c(C(F)(F)F)c2)c(C#N)c1F. The second-order valence-electron chi connectivity index (χ2n) is 6.10. The van der Waals surface area contributed by atoms with Gasteiger partial charge in [-0.05, 0) is 23.8 Å². The molecule has 0 unspecified atom stereocenters. The molecule has 2 rings (SSSR count). The van der Waals surface area contributed by atoms with Crippen molar-refractivity contribution in [1.29, 1.82) is 26.3 Å². The molecule has 2 aromatic carbocycles. The molecule has 0 aromatic heterocycles. The summed E-state index contributed by atoms with van der Waals surface area (Å²) < 4.78 is 95.1. The fourth-order valence-electron chi connectivity index (χ4n) is 2.87. The van der Waals surface area contributed by atoms with E-state index in [0.29, 0.717) is 0 Å². The predicted octanol–water partition coefficient (Wildman–Crippen LogP) is 3.53. The number of alkyl halides is 6. The van der Waals surface area contributed by atoms with Gasteiger partial charge in [0.1, 0.15) is 35.9 Å². The van der Waals surface area contributed by atoms with Gasteiger partial charge in [-0.15, -0.1) is 0 Å². The summed E-state index contributed by atoms with van der Waals surface area (Å²) in [5.41, 5.74) is -9.35. The first-order valence-corrected chi connectivity index (χ1v) is 8.26. The lowest BCUT2D eigenvalue weighted by Gasteiger charge is -2.16. The third-order valence-corrected chi connectivity index (χ3v) is 4.28. The molecule has 33 heavy (non-hydrogen) atoms. The largest absolute Gasteiger partial charge is 0.417 e. The molecule has 0 saturated heterocycles. The van der Waals surface area contributed by atoms with Crippen LogP contribution in [0.1, 0.15) is 27.8 Å². The molecule has 0 radical (unpaired) electrons. The van der Waals surface area contributed by atoms with E-state index >= 15 is 0 Å². The van der Waals surface area contributed by atoms with Crippen molar-refractivity contribution >= 4 is 11.1 Å². The maximum Gasteiger partial charge on any atom is 0.417 e. The summed E-state index contributed by atoms with van der Waals surface area (Å²) in [7, 11) is 0. The average molecular weight is 459 g/mol. The monoisotopic (exact) mass is 459 g/mol. The van der Waals surface area contributed by atoms with E-state index in [1.807, 2.05) is 0 Å². The minimum atomic E-state index is -5.42. The predicted molar refractivity (Wildman–Crippen MR) is 94.3 cm³/mol. The third kappa shape index (κ3) is 4.44. The number of rotatable bonds is 1. The molecule has 0 fully saturated rings. The maximum absolute atomic E-state index is 14.8. The minimum absolute atomic E-state index is 0.113. The van der Waals surface area contributed by atoms with Gasteiger partial charge in [-0.25, -0.2) is 4.39 Å². The van der Waals surface area contributed by atoms with Crippen LogP contribution in [0.2, 0.25) is 0 Å². The standard InChI is InChI=1S/C21H4F7N5/c22-19-12(11(5-29)6-30)1-2-13(15(19)8-32)14(7-31)10-3-17(20(23,24)25)16(9-33)18(4-10)21(26,27)28/h1-4H/b14-13+. The highest BCUT2D eigenvalue weighted by Crippen LogP contribution is 2.40. The van der Waals surface area contributed by atoms with Gasteiger partial charge in [0.15, 0.2) is 5.82 Å². The van der Waals surface area contributed by atoms with E-state index in [4.69, 9.17) is 15.8 Å².